The van der Waals surface area contributed by atoms with E-state index in [0.717, 1.165) is 10.6 Å². The van der Waals surface area contributed by atoms with E-state index < -0.39 is 10.0 Å². The first-order valence-electron chi connectivity index (χ1n) is 5.34. The van der Waals surface area contributed by atoms with Crippen LogP contribution in [0.3, 0.4) is 0 Å². The van der Waals surface area contributed by atoms with Crippen LogP contribution in [-0.2, 0) is 16.6 Å². The largest absolute Gasteiger partial charge is 0.398 e. The van der Waals surface area contributed by atoms with E-state index in [-0.39, 0.29) is 16.5 Å². The Morgan fingerprint density at radius 2 is 2.21 bits per heavy atom. The van der Waals surface area contributed by atoms with Crippen molar-refractivity contribution in [2.75, 3.05) is 5.73 Å². The number of nitrogens with zero attached hydrogens (tertiary/aromatic N) is 1. The Morgan fingerprint density at radius 1 is 1.47 bits per heavy atom. The molecule has 0 atom stereocenters. The minimum atomic E-state index is -3.60. The molecule has 2 rings (SSSR count). The van der Waals surface area contributed by atoms with E-state index in [2.05, 4.69) is 9.71 Å². The van der Waals surface area contributed by atoms with Crippen molar-refractivity contribution in [2.24, 2.45) is 0 Å². The van der Waals surface area contributed by atoms with Gasteiger partial charge >= 0.3 is 0 Å². The third-order valence-electron chi connectivity index (χ3n) is 2.55. The van der Waals surface area contributed by atoms with Crippen molar-refractivity contribution in [3.8, 4) is 0 Å². The average molecular weight is 318 g/mol. The highest BCUT2D eigenvalue weighted by Crippen LogP contribution is 2.22. The van der Waals surface area contributed by atoms with Crippen LogP contribution in [0.1, 0.15) is 10.6 Å². The van der Waals surface area contributed by atoms with Crippen molar-refractivity contribution in [1.29, 1.82) is 0 Å². The molecule has 0 saturated carbocycles. The molecule has 19 heavy (non-hydrogen) atoms. The number of sulfonamides is 1. The summed E-state index contributed by atoms with van der Waals surface area (Å²) in [6.45, 7) is 2.04. The topological polar surface area (TPSA) is 85.1 Å². The molecule has 0 unspecified atom stereocenters. The lowest BCUT2D eigenvalue weighted by atomic mass is 10.3. The van der Waals surface area contributed by atoms with E-state index in [1.54, 1.807) is 5.51 Å². The molecule has 0 fully saturated rings. The van der Waals surface area contributed by atoms with Crippen LogP contribution in [0.5, 0.6) is 0 Å². The number of nitrogens with two attached hydrogens (primary N) is 1. The predicted molar refractivity (Wildman–Crippen MR) is 76.7 cm³/mol. The highest BCUT2D eigenvalue weighted by molar-refractivity contribution is 7.89. The monoisotopic (exact) mass is 317 g/mol. The molecule has 102 valence electrons. The molecule has 0 bridgehead atoms. The van der Waals surface area contributed by atoms with Crippen molar-refractivity contribution >= 4 is 38.6 Å². The maximum atomic E-state index is 12.1. The molecular formula is C11H12ClN3O2S2. The van der Waals surface area contributed by atoms with Gasteiger partial charge in [-0.25, -0.2) is 18.1 Å². The summed E-state index contributed by atoms with van der Waals surface area (Å²) in [7, 11) is -3.60. The average Bonchev–Trinajstić information content (AvgIpc) is 2.76. The summed E-state index contributed by atoms with van der Waals surface area (Å²) in [5.41, 5.74) is 8.40. The van der Waals surface area contributed by atoms with Crippen molar-refractivity contribution in [2.45, 2.75) is 18.4 Å². The molecule has 8 heteroatoms. The number of halogens is 1. The van der Waals surface area contributed by atoms with Crippen molar-refractivity contribution in [3.63, 3.8) is 0 Å². The summed E-state index contributed by atoms with van der Waals surface area (Å²) in [5, 5.41) is 0.219. The molecule has 1 aromatic heterocycles. The summed E-state index contributed by atoms with van der Waals surface area (Å²) >= 11 is 7.23. The highest BCUT2D eigenvalue weighted by atomic mass is 35.5. The van der Waals surface area contributed by atoms with E-state index in [1.807, 2.05) is 6.92 Å². The van der Waals surface area contributed by atoms with Gasteiger partial charge in [-0.15, -0.1) is 11.3 Å². The molecule has 1 heterocycles. The molecule has 2 aromatic rings. The van der Waals surface area contributed by atoms with E-state index in [0.29, 0.717) is 5.69 Å². The van der Waals surface area contributed by atoms with E-state index in [9.17, 15) is 8.42 Å². The van der Waals surface area contributed by atoms with Crippen molar-refractivity contribution in [1.82, 2.24) is 9.71 Å². The van der Waals surface area contributed by atoms with Gasteiger partial charge in [-0.1, -0.05) is 11.6 Å². The zero-order valence-electron chi connectivity index (χ0n) is 10.1. The standard InChI is InChI=1S/C11H12ClN3O2S2/c1-7-11(18-6-14-7)5-15-19(16,17)8-2-3-10(13)9(12)4-8/h2-4,6,15H,5,13H2,1H3. The number of anilines is 1. The molecule has 0 saturated heterocycles. The Balaban J connectivity index is 2.18. The molecule has 0 amide bonds. The first kappa shape index (κ1) is 14.3. The summed E-state index contributed by atoms with van der Waals surface area (Å²) in [6, 6.07) is 4.22. The molecule has 0 aliphatic carbocycles. The fourth-order valence-corrected chi connectivity index (χ4v) is 3.49. The summed E-state index contributed by atoms with van der Waals surface area (Å²) < 4.78 is 26.7. The SMILES string of the molecule is Cc1ncsc1CNS(=O)(=O)c1ccc(N)c(Cl)c1. The third-order valence-corrected chi connectivity index (χ3v) is 5.21. The molecule has 3 N–H and O–H groups in total. The lowest BCUT2D eigenvalue weighted by Gasteiger charge is -2.07. The minimum Gasteiger partial charge on any atom is -0.398 e. The Bertz CT molecular complexity index is 698. The lowest BCUT2D eigenvalue weighted by molar-refractivity contribution is 0.581. The second kappa shape index (κ2) is 5.46. The van der Waals surface area contributed by atoms with E-state index >= 15 is 0 Å². The maximum absolute atomic E-state index is 12.1. The number of hydrogen-bond donors (Lipinski definition) is 2. The molecular weight excluding hydrogens is 306 g/mol. The fraction of sp³-hybridized carbons (Fsp3) is 0.182. The first-order valence-corrected chi connectivity index (χ1v) is 8.08. The number of thiazole rings is 1. The van der Waals surface area contributed by atoms with Gasteiger partial charge in [0.25, 0.3) is 0 Å². The summed E-state index contributed by atoms with van der Waals surface area (Å²) in [4.78, 5) is 5.03. The third kappa shape index (κ3) is 3.24. The Morgan fingerprint density at radius 3 is 2.79 bits per heavy atom. The number of aryl methyl sites for hydroxylation is 1. The van der Waals surface area contributed by atoms with Gasteiger partial charge in [0.05, 0.1) is 26.8 Å². The van der Waals surface area contributed by atoms with Crippen LogP contribution in [0.4, 0.5) is 5.69 Å². The van der Waals surface area contributed by atoms with Crippen LogP contribution in [0.2, 0.25) is 5.02 Å². The fourth-order valence-electron chi connectivity index (χ4n) is 1.41. The lowest BCUT2D eigenvalue weighted by Crippen LogP contribution is -2.23. The van der Waals surface area contributed by atoms with Gasteiger partial charge < -0.3 is 5.73 Å². The van der Waals surface area contributed by atoms with Crippen LogP contribution in [0.25, 0.3) is 0 Å². The summed E-state index contributed by atoms with van der Waals surface area (Å²) in [6.07, 6.45) is 0. The van der Waals surface area contributed by atoms with Gasteiger partial charge in [-0.2, -0.15) is 0 Å². The van der Waals surface area contributed by atoms with Gasteiger partial charge in [0.1, 0.15) is 0 Å². The molecule has 0 radical (unpaired) electrons. The first-order chi connectivity index (χ1) is 8.90. The zero-order valence-corrected chi connectivity index (χ0v) is 12.4. The second-order valence-corrected chi connectivity index (χ2v) is 6.98. The number of hydrogen-bond acceptors (Lipinski definition) is 5. The molecule has 0 aliphatic rings. The van der Waals surface area contributed by atoms with Gasteiger partial charge in [-0.3, -0.25) is 0 Å². The van der Waals surface area contributed by atoms with Crippen LogP contribution < -0.4 is 10.5 Å². The Labute approximate surface area is 120 Å². The molecule has 0 aliphatic heterocycles. The molecule has 0 spiro atoms. The van der Waals surface area contributed by atoms with Crippen LogP contribution >= 0.6 is 22.9 Å². The second-order valence-electron chi connectivity index (χ2n) is 3.87. The minimum absolute atomic E-state index is 0.0915. The zero-order chi connectivity index (χ0) is 14.0. The van der Waals surface area contributed by atoms with Crippen molar-refractivity contribution in [3.05, 3.63) is 39.3 Å². The van der Waals surface area contributed by atoms with E-state index in [1.165, 1.54) is 29.5 Å². The van der Waals surface area contributed by atoms with E-state index in [4.69, 9.17) is 17.3 Å². The number of rotatable bonds is 4. The van der Waals surface area contributed by atoms with Crippen LogP contribution in [0.15, 0.2) is 28.6 Å². The Kier molecular flexibility index (Phi) is 4.10. The maximum Gasteiger partial charge on any atom is 0.240 e. The van der Waals surface area contributed by atoms with Crippen LogP contribution in [0, 0.1) is 6.92 Å². The quantitative estimate of drug-likeness (QED) is 0.846. The smallest absolute Gasteiger partial charge is 0.240 e. The molecule has 1 aromatic carbocycles. The number of nitrogen functional groups attached to an aromatic ring is 1. The number of benzene rings is 1. The number of aromatic nitrogens is 1. The molecule has 5 nitrogen and oxygen atoms in total. The Hall–Kier alpha value is -1.15. The van der Waals surface area contributed by atoms with Gasteiger partial charge in [0.2, 0.25) is 10.0 Å². The normalized spacial score (nSPS) is 11.7. The number of nitrogens with one attached hydrogen (secondary N) is 1. The van der Waals surface area contributed by atoms with Gasteiger partial charge in [0.15, 0.2) is 0 Å². The van der Waals surface area contributed by atoms with Gasteiger partial charge in [0, 0.05) is 11.4 Å². The predicted octanol–water partition coefficient (Wildman–Crippen LogP) is 2.17. The highest BCUT2D eigenvalue weighted by Gasteiger charge is 2.16. The van der Waals surface area contributed by atoms with Gasteiger partial charge in [-0.05, 0) is 25.1 Å². The summed E-state index contributed by atoms with van der Waals surface area (Å²) in [5.74, 6) is 0. The van der Waals surface area contributed by atoms with Crippen molar-refractivity contribution < 1.29 is 8.42 Å². The van der Waals surface area contributed by atoms with Crippen LogP contribution in [-0.4, -0.2) is 13.4 Å².